The highest BCUT2D eigenvalue weighted by atomic mass is 31.2. The van der Waals surface area contributed by atoms with Gasteiger partial charge in [-0.2, -0.15) is 0 Å². The predicted molar refractivity (Wildman–Crippen MR) is 89.3 cm³/mol. The van der Waals surface area contributed by atoms with E-state index in [-0.39, 0.29) is 0 Å². The number of hydrogen-bond acceptors (Lipinski definition) is 4. The molecular formula is C17H23O4P. The summed E-state index contributed by atoms with van der Waals surface area (Å²) in [7, 11) is -1.49. The van der Waals surface area contributed by atoms with E-state index in [2.05, 4.69) is 12.1 Å². The second kappa shape index (κ2) is 7.77. The Kier molecular flexibility index (Phi) is 6.01. The third kappa shape index (κ3) is 4.10. The molecule has 0 atom stereocenters. The third-order valence-corrected chi connectivity index (χ3v) is 5.21. The fraction of sp³-hybridized carbons (Fsp3) is 0.412. The Morgan fingerprint density at radius 1 is 1.23 bits per heavy atom. The van der Waals surface area contributed by atoms with Crippen molar-refractivity contribution < 1.29 is 18.3 Å². The lowest BCUT2D eigenvalue weighted by Crippen LogP contribution is -1.99. The van der Waals surface area contributed by atoms with Crippen LogP contribution in [-0.2, 0) is 20.0 Å². The molecule has 0 unspecified atom stereocenters. The first-order chi connectivity index (χ1) is 10.6. The van der Waals surface area contributed by atoms with Crippen LogP contribution in [0.4, 0.5) is 0 Å². The van der Waals surface area contributed by atoms with Gasteiger partial charge in [0.2, 0.25) is 0 Å². The number of rotatable bonds is 7. The van der Waals surface area contributed by atoms with Crippen molar-refractivity contribution in [1.82, 2.24) is 0 Å². The topological polar surface area (TPSA) is 44.8 Å². The molecule has 1 aromatic carbocycles. The molecule has 1 aromatic rings. The summed E-state index contributed by atoms with van der Waals surface area (Å²) < 4.78 is 28.3. The first-order valence-electron chi connectivity index (χ1n) is 7.57. The van der Waals surface area contributed by atoms with Gasteiger partial charge in [0.05, 0.1) is 20.3 Å². The first-order valence-corrected chi connectivity index (χ1v) is 9.18. The van der Waals surface area contributed by atoms with E-state index in [1.54, 1.807) is 26.8 Å². The number of aryl methyl sites for hydroxylation is 1. The van der Waals surface area contributed by atoms with E-state index in [1.807, 2.05) is 18.2 Å². The van der Waals surface area contributed by atoms with Crippen LogP contribution in [0, 0.1) is 0 Å². The van der Waals surface area contributed by atoms with Crippen molar-refractivity contribution in [2.45, 2.75) is 26.7 Å². The highest BCUT2D eigenvalue weighted by Crippen LogP contribution is 2.50. The van der Waals surface area contributed by atoms with Gasteiger partial charge in [-0.15, -0.1) is 0 Å². The van der Waals surface area contributed by atoms with Crippen LogP contribution in [0.5, 0.6) is 5.75 Å². The maximum Gasteiger partial charge on any atom is 0.354 e. The highest BCUT2D eigenvalue weighted by molar-refractivity contribution is 7.57. The number of benzene rings is 1. The average Bonchev–Trinajstić information content (AvgIpc) is 2.52. The molecule has 0 N–H and O–H groups in total. The van der Waals surface area contributed by atoms with Crippen molar-refractivity contribution in [1.29, 1.82) is 0 Å². The minimum absolute atomic E-state index is 0.356. The Bertz CT molecular complexity index is 609. The van der Waals surface area contributed by atoms with Gasteiger partial charge < -0.3 is 13.8 Å². The molecule has 0 bridgehead atoms. The Morgan fingerprint density at radius 2 is 1.95 bits per heavy atom. The molecule has 0 saturated heterocycles. The zero-order valence-electron chi connectivity index (χ0n) is 13.4. The summed E-state index contributed by atoms with van der Waals surface area (Å²) >= 11 is 0. The molecule has 0 amide bonds. The zero-order chi connectivity index (χ0) is 16.0. The lowest BCUT2D eigenvalue weighted by molar-refractivity contribution is 0.229. The van der Waals surface area contributed by atoms with Gasteiger partial charge >= 0.3 is 7.60 Å². The van der Waals surface area contributed by atoms with Crippen LogP contribution in [0.2, 0.25) is 0 Å². The molecule has 1 aliphatic carbocycles. The Morgan fingerprint density at radius 3 is 2.59 bits per heavy atom. The molecule has 22 heavy (non-hydrogen) atoms. The monoisotopic (exact) mass is 322 g/mol. The number of methoxy groups -OCH3 is 1. The van der Waals surface area contributed by atoms with Gasteiger partial charge in [-0.25, -0.2) is 0 Å². The van der Waals surface area contributed by atoms with E-state index in [1.165, 1.54) is 5.56 Å². The van der Waals surface area contributed by atoms with Crippen molar-refractivity contribution >= 4 is 13.2 Å². The second-order valence-electron chi connectivity index (χ2n) is 4.91. The minimum Gasteiger partial charge on any atom is -0.497 e. The molecule has 0 fully saturated rings. The normalized spacial score (nSPS) is 14.8. The van der Waals surface area contributed by atoms with Crippen molar-refractivity contribution in [2.75, 3.05) is 20.3 Å². The third-order valence-electron chi connectivity index (χ3n) is 3.46. The molecule has 0 aromatic heterocycles. The predicted octanol–water partition coefficient (Wildman–Crippen LogP) is 4.80. The van der Waals surface area contributed by atoms with Gasteiger partial charge in [-0.3, -0.25) is 4.57 Å². The van der Waals surface area contributed by atoms with E-state index in [0.717, 1.165) is 29.7 Å². The fourth-order valence-electron chi connectivity index (χ4n) is 2.49. The average molecular weight is 322 g/mol. The van der Waals surface area contributed by atoms with Crippen LogP contribution in [0.25, 0.3) is 5.57 Å². The van der Waals surface area contributed by atoms with E-state index in [4.69, 9.17) is 13.8 Å². The van der Waals surface area contributed by atoms with Crippen LogP contribution in [0.15, 0.2) is 36.2 Å². The summed E-state index contributed by atoms with van der Waals surface area (Å²) in [6, 6.07) is 6.03. The fourth-order valence-corrected chi connectivity index (χ4v) is 3.80. The van der Waals surface area contributed by atoms with Gasteiger partial charge in [0.25, 0.3) is 0 Å². The van der Waals surface area contributed by atoms with E-state index >= 15 is 0 Å². The van der Waals surface area contributed by atoms with Crippen molar-refractivity contribution in [3.63, 3.8) is 0 Å². The largest absolute Gasteiger partial charge is 0.497 e. The minimum atomic E-state index is -3.16. The highest BCUT2D eigenvalue weighted by Gasteiger charge is 2.20. The van der Waals surface area contributed by atoms with Gasteiger partial charge in [0.15, 0.2) is 0 Å². The molecule has 0 spiro atoms. The molecule has 120 valence electrons. The molecule has 2 rings (SSSR count). The summed E-state index contributed by atoms with van der Waals surface area (Å²) in [4.78, 5) is 0. The SMILES string of the molecule is CCOP(=O)(/C=C/C1=CCCc2cc(OC)ccc21)OCC. The van der Waals surface area contributed by atoms with Crippen LogP contribution >= 0.6 is 7.60 Å². The summed E-state index contributed by atoms with van der Waals surface area (Å²) in [5.41, 5.74) is 3.43. The lowest BCUT2D eigenvalue weighted by atomic mass is 9.91. The van der Waals surface area contributed by atoms with Crippen LogP contribution in [-0.4, -0.2) is 20.3 Å². The van der Waals surface area contributed by atoms with Gasteiger partial charge in [-0.05, 0) is 61.6 Å². The van der Waals surface area contributed by atoms with Crippen molar-refractivity contribution in [3.8, 4) is 5.75 Å². The summed E-state index contributed by atoms with van der Waals surface area (Å²) in [5.74, 6) is 2.42. The van der Waals surface area contributed by atoms with Gasteiger partial charge in [-0.1, -0.05) is 12.1 Å². The molecule has 0 aliphatic heterocycles. The van der Waals surface area contributed by atoms with Crippen LogP contribution < -0.4 is 4.74 Å². The second-order valence-corrected chi connectivity index (χ2v) is 6.81. The smallest absolute Gasteiger partial charge is 0.354 e. The maximum absolute atomic E-state index is 12.5. The molecule has 1 aliphatic rings. The van der Waals surface area contributed by atoms with Gasteiger partial charge in [0, 0.05) is 5.82 Å². The van der Waals surface area contributed by atoms with E-state index < -0.39 is 7.60 Å². The van der Waals surface area contributed by atoms with E-state index in [9.17, 15) is 4.57 Å². The van der Waals surface area contributed by atoms with Crippen LogP contribution in [0.3, 0.4) is 0 Å². The maximum atomic E-state index is 12.5. The quantitative estimate of drug-likeness (QED) is 0.676. The summed E-state index contributed by atoms with van der Waals surface area (Å²) in [6.45, 7) is 4.32. The first kappa shape index (κ1) is 17.0. The standard InChI is InChI=1S/C17H23O4P/c1-4-20-22(18,21-5-2)12-11-14-7-6-8-15-13-16(19-3)9-10-17(14)15/h7,9-13H,4-6,8H2,1-3H3/b12-11+. The Hall–Kier alpha value is -1.35. The Labute approximate surface area is 132 Å². The van der Waals surface area contributed by atoms with Crippen LogP contribution in [0.1, 0.15) is 31.4 Å². The molecule has 0 saturated carbocycles. The van der Waals surface area contributed by atoms with Gasteiger partial charge in [0.1, 0.15) is 5.75 Å². The van der Waals surface area contributed by atoms with E-state index in [0.29, 0.717) is 13.2 Å². The molecule has 4 nitrogen and oxygen atoms in total. The van der Waals surface area contributed by atoms with Crippen molar-refractivity contribution in [3.05, 3.63) is 47.3 Å². The number of fused-ring (bicyclic) bond motifs is 1. The lowest BCUT2D eigenvalue weighted by Gasteiger charge is -2.17. The molecular weight excluding hydrogens is 299 g/mol. The molecule has 0 radical (unpaired) electrons. The summed E-state index contributed by atoms with van der Waals surface area (Å²) in [6.07, 6.45) is 5.93. The molecule has 5 heteroatoms. The summed E-state index contributed by atoms with van der Waals surface area (Å²) in [5, 5.41) is 0. The number of allylic oxidation sites excluding steroid dienone is 3. The zero-order valence-corrected chi connectivity index (χ0v) is 14.3. The molecule has 0 heterocycles. The number of hydrogen-bond donors (Lipinski definition) is 0. The van der Waals surface area contributed by atoms with Crippen molar-refractivity contribution in [2.24, 2.45) is 0 Å². The number of ether oxygens (including phenoxy) is 1. The Balaban J connectivity index is 2.25.